The molecule has 0 aromatic heterocycles. The first-order valence-corrected chi connectivity index (χ1v) is 11.0. The average molecular weight is 429 g/mol. The minimum Gasteiger partial charge on any atom is -0.341 e. The average Bonchev–Trinajstić information content (AvgIpc) is 2.83. The predicted octanol–water partition coefficient (Wildman–Crippen LogP) is 4.06. The molecule has 0 unspecified atom stereocenters. The van der Waals surface area contributed by atoms with Crippen LogP contribution in [0, 0.1) is 0 Å². The highest BCUT2D eigenvalue weighted by Gasteiger charge is 2.41. The summed E-state index contributed by atoms with van der Waals surface area (Å²) in [7, 11) is 1.66. The van der Waals surface area contributed by atoms with Crippen LogP contribution < -0.4 is 0 Å². The predicted molar refractivity (Wildman–Crippen MR) is 126 cm³/mol. The molecule has 1 aliphatic rings. The fraction of sp³-hybridized carbons (Fsp3) is 0.296. The summed E-state index contributed by atoms with van der Waals surface area (Å²) in [6, 6.07) is 23.3. The number of likely N-dealkylation sites (N-methyl/N-ethyl adjacent to an activating group) is 1. The smallest absolute Gasteiger partial charge is 0.254 e. The number of amides is 2. The SMILES string of the molecule is CC(=O)C1(c2ccccc2)CCN(C(=O)CN(C)C(=O)c2ccc3ccccc3c2)CC1. The number of fused-ring (bicyclic) bond motifs is 1. The molecule has 0 saturated carbocycles. The van der Waals surface area contributed by atoms with Crippen molar-refractivity contribution in [1.29, 1.82) is 0 Å². The second-order valence-electron chi connectivity index (χ2n) is 8.61. The summed E-state index contributed by atoms with van der Waals surface area (Å²) in [4.78, 5) is 41.6. The number of hydrogen-bond donors (Lipinski definition) is 0. The van der Waals surface area contributed by atoms with Gasteiger partial charge in [-0.25, -0.2) is 0 Å². The molecule has 0 spiro atoms. The molecule has 3 aromatic carbocycles. The molecule has 1 saturated heterocycles. The lowest BCUT2D eigenvalue weighted by Crippen LogP contribution is -2.50. The summed E-state index contributed by atoms with van der Waals surface area (Å²) in [5.74, 6) is -0.130. The van der Waals surface area contributed by atoms with E-state index in [0.717, 1.165) is 16.3 Å². The Balaban J connectivity index is 1.41. The normalized spacial score (nSPS) is 15.4. The second-order valence-corrected chi connectivity index (χ2v) is 8.61. The molecule has 4 rings (SSSR count). The number of rotatable bonds is 5. The molecule has 0 atom stereocenters. The molecule has 2 amide bonds. The van der Waals surface area contributed by atoms with Crippen molar-refractivity contribution in [3.8, 4) is 0 Å². The van der Waals surface area contributed by atoms with Gasteiger partial charge in [0, 0.05) is 25.7 Å². The number of nitrogens with zero attached hydrogens (tertiary/aromatic N) is 2. The molecule has 0 radical (unpaired) electrons. The number of carbonyl (C=O) groups is 3. The quantitative estimate of drug-likeness (QED) is 0.616. The van der Waals surface area contributed by atoms with Crippen LogP contribution in [-0.2, 0) is 15.0 Å². The van der Waals surface area contributed by atoms with Crippen molar-refractivity contribution in [2.45, 2.75) is 25.2 Å². The largest absolute Gasteiger partial charge is 0.341 e. The van der Waals surface area contributed by atoms with Crippen LogP contribution in [-0.4, -0.2) is 54.1 Å². The van der Waals surface area contributed by atoms with Gasteiger partial charge in [-0.1, -0.05) is 60.7 Å². The molecular weight excluding hydrogens is 400 g/mol. The first kappa shape index (κ1) is 21.8. The molecule has 1 heterocycles. The Morgan fingerprint density at radius 3 is 2.16 bits per heavy atom. The standard InChI is InChI=1S/C27H28N2O3/c1-20(30)27(24-10-4-3-5-11-24)14-16-29(17-15-27)25(31)19-28(2)26(32)23-13-12-21-8-6-7-9-22(21)18-23/h3-13,18H,14-17,19H2,1-2H3. The van der Waals surface area contributed by atoms with Gasteiger partial charge in [-0.3, -0.25) is 14.4 Å². The van der Waals surface area contributed by atoms with E-state index in [0.29, 0.717) is 31.5 Å². The summed E-state index contributed by atoms with van der Waals surface area (Å²) >= 11 is 0. The zero-order chi connectivity index (χ0) is 22.7. The molecule has 5 nitrogen and oxygen atoms in total. The maximum absolute atomic E-state index is 12.9. The molecular formula is C27H28N2O3. The highest BCUT2D eigenvalue weighted by Crippen LogP contribution is 2.36. The number of piperidine rings is 1. The Kier molecular flexibility index (Phi) is 6.08. The Morgan fingerprint density at radius 1 is 0.875 bits per heavy atom. The summed E-state index contributed by atoms with van der Waals surface area (Å²) in [6.45, 7) is 2.67. The van der Waals surface area contributed by atoms with E-state index in [-0.39, 0.29) is 24.1 Å². The molecule has 0 bridgehead atoms. The third-order valence-electron chi connectivity index (χ3n) is 6.69. The molecule has 164 valence electrons. The van der Waals surface area contributed by atoms with E-state index in [1.165, 1.54) is 4.90 Å². The lowest BCUT2D eigenvalue weighted by molar-refractivity contribution is -0.136. The third kappa shape index (κ3) is 4.15. The van der Waals surface area contributed by atoms with Crippen molar-refractivity contribution in [3.05, 3.63) is 83.9 Å². The van der Waals surface area contributed by atoms with E-state index in [1.54, 1.807) is 24.9 Å². The maximum atomic E-state index is 12.9. The number of ketones is 1. The summed E-state index contributed by atoms with van der Waals surface area (Å²) in [6.07, 6.45) is 1.20. The summed E-state index contributed by atoms with van der Waals surface area (Å²) in [5.41, 5.74) is 1.05. The van der Waals surface area contributed by atoms with Crippen LogP contribution in [0.25, 0.3) is 10.8 Å². The molecule has 1 aliphatic heterocycles. The van der Waals surface area contributed by atoms with Crippen molar-refractivity contribution in [2.24, 2.45) is 0 Å². The van der Waals surface area contributed by atoms with Crippen molar-refractivity contribution >= 4 is 28.4 Å². The van der Waals surface area contributed by atoms with Crippen molar-refractivity contribution in [3.63, 3.8) is 0 Å². The van der Waals surface area contributed by atoms with E-state index < -0.39 is 5.41 Å². The van der Waals surface area contributed by atoms with Crippen molar-refractivity contribution in [2.75, 3.05) is 26.7 Å². The number of benzene rings is 3. The van der Waals surface area contributed by atoms with Crippen LogP contribution >= 0.6 is 0 Å². The minimum atomic E-state index is -0.537. The molecule has 32 heavy (non-hydrogen) atoms. The second kappa shape index (κ2) is 8.95. The van der Waals surface area contributed by atoms with Crippen LogP contribution in [0.1, 0.15) is 35.7 Å². The minimum absolute atomic E-state index is 0.0179. The molecule has 0 aliphatic carbocycles. The Labute approximate surface area is 188 Å². The first-order valence-electron chi connectivity index (χ1n) is 11.0. The molecule has 1 fully saturated rings. The number of Topliss-reactive ketones (excluding diaryl/α,β-unsaturated/α-hetero) is 1. The Bertz CT molecular complexity index is 1150. The number of carbonyl (C=O) groups excluding carboxylic acids is 3. The van der Waals surface area contributed by atoms with E-state index in [1.807, 2.05) is 66.7 Å². The Hall–Kier alpha value is -3.47. The molecule has 3 aromatic rings. The van der Waals surface area contributed by atoms with E-state index in [4.69, 9.17) is 0 Å². The number of likely N-dealkylation sites (tertiary alicyclic amines) is 1. The van der Waals surface area contributed by atoms with Crippen molar-refractivity contribution in [1.82, 2.24) is 9.80 Å². The van der Waals surface area contributed by atoms with Gasteiger partial charge < -0.3 is 9.80 Å². The first-order chi connectivity index (χ1) is 15.4. The highest BCUT2D eigenvalue weighted by atomic mass is 16.2. The third-order valence-corrected chi connectivity index (χ3v) is 6.69. The number of hydrogen-bond acceptors (Lipinski definition) is 3. The van der Waals surface area contributed by atoms with Gasteiger partial charge in [-0.05, 0) is 48.2 Å². The van der Waals surface area contributed by atoms with Gasteiger partial charge in [0.15, 0.2) is 0 Å². The molecule has 0 N–H and O–H groups in total. The van der Waals surface area contributed by atoms with E-state index >= 15 is 0 Å². The lowest BCUT2D eigenvalue weighted by Gasteiger charge is -2.41. The summed E-state index contributed by atoms with van der Waals surface area (Å²) < 4.78 is 0. The maximum Gasteiger partial charge on any atom is 0.254 e. The van der Waals surface area contributed by atoms with Crippen LogP contribution in [0.2, 0.25) is 0 Å². The van der Waals surface area contributed by atoms with Gasteiger partial charge in [-0.15, -0.1) is 0 Å². The zero-order valence-electron chi connectivity index (χ0n) is 18.6. The summed E-state index contributed by atoms with van der Waals surface area (Å²) in [5, 5.41) is 2.07. The van der Waals surface area contributed by atoms with Crippen LogP contribution in [0.3, 0.4) is 0 Å². The van der Waals surface area contributed by atoms with Gasteiger partial charge in [0.1, 0.15) is 5.78 Å². The fourth-order valence-corrected chi connectivity index (χ4v) is 4.66. The Morgan fingerprint density at radius 2 is 1.50 bits per heavy atom. The zero-order valence-corrected chi connectivity index (χ0v) is 18.6. The van der Waals surface area contributed by atoms with Crippen LogP contribution in [0.4, 0.5) is 0 Å². The van der Waals surface area contributed by atoms with Gasteiger partial charge in [0.2, 0.25) is 5.91 Å². The van der Waals surface area contributed by atoms with Crippen LogP contribution in [0.15, 0.2) is 72.8 Å². The topological polar surface area (TPSA) is 57.7 Å². The van der Waals surface area contributed by atoms with Crippen LogP contribution in [0.5, 0.6) is 0 Å². The van der Waals surface area contributed by atoms with Crippen molar-refractivity contribution < 1.29 is 14.4 Å². The monoisotopic (exact) mass is 428 g/mol. The highest BCUT2D eigenvalue weighted by molar-refractivity contribution is 6.00. The van der Waals surface area contributed by atoms with Gasteiger partial charge in [0.05, 0.1) is 12.0 Å². The van der Waals surface area contributed by atoms with Gasteiger partial charge in [0.25, 0.3) is 5.91 Å². The fourth-order valence-electron chi connectivity index (χ4n) is 4.66. The lowest BCUT2D eigenvalue weighted by atomic mass is 9.70. The van der Waals surface area contributed by atoms with E-state index in [9.17, 15) is 14.4 Å². The van der Waals surface area contributed by atoms with Gasteiger partial charge >= 0.3 is 0 Å². The van der Waals surface area contributed by atoms with Gasteiger partial charge in [-0.2, -0.15) is 0 Å². The van der Waals surface area contributed by atoms with E-state index in [2.05, 4.69) is 0 Å². The molecule has 5 heteroatoms.